The van der Waals surface area contributed by atoms with E-state index in [-0.39, 0.29) is 17.3 Å². The van der Waals surface area contributed by atoms with E-state index >= 15 is 0 Å². The number of hydrogen-bond donors (Lipinski definition) is 0. The van der Waals surface area contributed by atoms with Gasteiger partial charge in [-0.05, 0) is 38.0 Å². The van der Waals surface area contributed by atoms with Crippen LogP contribution in [0.3, 0.4) is 0 Å². The maximum Gasteiger partial charge on any atom is 0.289 e. The predicted molar refractivity (Wildman–Crippen MR) is 84.9 cm³/mol. The van der Waals surface area contributed by atoms with Gasteiger partial charge in [0.1, 0.15) is 5.58 Å². The van der Waals surface area contributed by atoms with Crippen molar-refractivity contribution in [3.05, 3.63) is 35.6 Å². The Balaban J connectivity index is 1.85. The summed E-state index contributed by atoms with van der Waals surface area (Å²) in [6.07, 6.45) is 4.22. The molecule has 1 saturated carbocycles. The van der Waals surface area contributed by atoms with Crippen LogP contribution in [-0.2, 0) is 0 Å². The number of benzene rings is 1. The third kappa shape index (κ3) is 2.80. The highest BCUT2D eigenvalue weighted by Gasteiger charge is 2.31. The zero-order valence-corrected chi connectivity index (χ0v) is 13.2. The average Bonchev–Trinajstić information content (AvgIpc) is 2.89. The molecule has 4 heteroatoms. The first-order valence-electron chi connectivity index (χ1n) is 7.47. The van der Waals surface area contributed by atoms with E-state index in [0.717, 1.165) is 42.2 Å². The van der Waals surface area contributed by atoms with Crippen LogP contribution in [0.5, 0.6) is 0 Å². The molecule has 0 aliphatic heterocycles. The van der Waals surface area contributed by atoms with Gasteiger partial charge in [0, 0.05) is 18.5 Å². The second kappa shape index (κ2) is 5.72. The lowest BCUT2D eigenvalue weighted by Crippen LogP contribution is -2.44. The average molecular weight is 306 g/mol. The van der Waals surface area contributed by atoms with Crippen LogP contribution in [0.1, 0.15) is 41.8 Å². The van der Waals surface area contributed by atoms with Crippen LogP contribution in [0.15, 0.2) is 28.7 Å². The second-order valence-electron chi connectivity index (χ2n) is 5.94. The van der Waals surface area contributed by atoms with Crippen LogP contribution in [0, 0.1) is 6.92 Å². The Morgan fingerprint density at radius 3 is 2.81 bits per heavy atom. The van der Waals surface area contributed by atoms with Crippen LogP contribution < -0.4 is 0 Å². The van der Waals surface area contributed by atoms with Crippen molar-refractivity contribution in [1.29, 1.82) is 0 Å². The van der Waals surface area contributed by atoms with E-state index in [2.05, 4.69) is 0 Å². The standard InChI is InChI=1S/C17H20ClNO2/c1-11-7-8-15-12(9-11)10-16(21-15)17(20)19(2)14-6-4-3-5-13(14)18/h7-10,13-14H,3-6H2,1-2H3. The van der Waals surface area contributed by atoms with Crippen molar-refractivity contribution in [1.82, 2.24) is 4.90 Å². The van der Waals surface area contributed by atoms with Crippen molar-refractivity contribution in [2.75, 3.05) is 7.05 Å². The number of alkyl halides is 1. The van der Waals surface area contributed by atoms with Crippen molar-refractivity contribution >= 4 is 28.5 Å². The maximum absolute atomic E-state index is 12.6. The molecule has 0 radical (unpaired) electrons. The minimum absolute atomic E-state index is 0.0410. The van der Waals surface area contributed by atoms with Gasteiger partial charge in [0.25, 0.3) is 5.91 Å². The Labute approximate surface area is 129 Å². The molecule has 2 atom stereocenters. The fraction of sp³-hybridized carbons (Fsp3) is 0.471. The lowest BCUT2D eigenvalue weighted by atomic mass is 9.94. The molecule has 1 aliphatic carbocycles. The zero-order chi connectivity index (χ0) is 15.0. The van der Waals surface area contributed by atoms with Gasteiger partial charge in [-0.15, -0.1) is 11.6 Å². The number of furan rings is 1. The van der Waals surface area contributed by atoms with Crippen LogP contribution in [0.2, 0.25) is 0 Å². The number of carbonyl (C=O) groups is 1. The molecule has 0 saturated heterocycles. The molecule has 1 aromatic carbocycles. The highest BCUT2D eigenvalue weighted by Crippen LogP contribution is 2.28. The number of aryl methyl sites for hydroxylation is 1. The van der Waals surface area contributed by atoms with Crippen LogP contribution in [0.4, 0.5) is 0 Å². The van der Waals surface area contributed by atoms with Crippen molar-refractivity contribution in [2.24, 2.45) is 0 Å². The molecule has 112 valence electrons. The van der Waals surface area contributed by atoms with Gasteiger partial charge in [-0.3, -0.25) is 4.79 Å². The molecule has 0 N–H and O–H groups in total. The zero-order valence-electron chi connectivity index (χ0n) is 12.4. The van der Waals surface area contributed by atoms with E-state index in [0.29, 0.717) is 5.76 Å². The summed E-state index contributed by atoms with van der Waals surface area (Å²) in [6, 6.07) is 7.85. The van der Waals surface area contributed by atoms with E-state index in [4.69, 9.17) is 16.0 Å². The third-order valence-corrected chi connectivity index (χ3v) is 4.86. The quantitative estimate of drug-likeness (QED) is 0.772. The van der Waals surface area contributed by atoms with Crippen LogP contribution in [0.25, 0.3) is 11.0 Å². The molecule has 21 heavy (non-hydrogen) atoms. The normalized spacial score (nSPS) is 22.4. The molecule has 1 heterocycles. The molecule has 0 bridgehead atoms. The first-order valence-corrected chi connectivity index (χ1v) is 7.91. The summed E-state index contributed by atoms with van der Waals surface area (Å²) in [5, 5.41) is 1.01. The molecule has 1 fully saturated rings. The SMILES string of the molecule is Cc1ccc2oc(C(=O)N(C)C3CCCCC3Cl)cc2c1. The minimum Gasteiger partial charge on any atom is -0.451 e. The van der Waals surface area contributed by atoms with Gasteiger partial charge in [0.2, 0.25) is 0 Å². The number of amides is 1. The minimum atomic E-state index is -0.0820. The number of hydrogen-bond acceptors (Lipinski definition) is 2. The van der Waals surface area contributed by atoms with E-state index in [1.807, 2.05) is 38.2 Å². The first-order chi connectivity index (χ1) is 10.1. The molecular formula is C17H20ClNO2. The summed E-state index contributed by atoms with van der Waals surface area (Å²) >= 11 is 6.38. The van der Waals surface area contributed by atoms with Gasteiger partial charge in [0.15, 0.2) is 5.76 Å². The van der Waals surface area contributed by atoms with E-state index < -0.39 is 0 Å². The van der Waals surface area contributed by atoms with Gasteiger partial charge < -0.3 is 9.32 Å². The molecule has 1 aliphatic rings. The Morgan fingerprint density at radius 2 is 2.05 bits per heavy atom. The molecule has 1 aromatic heterocycles. The Kier molecular flexibility index (Phi) is 3.94. The Hall–Kier alpha value is -1.48. The molecule has 3 rings (SSSR count). The smallest absolute Gasteiger partial charge is 0.289 e. The van der Waals surface area contributed by atoms with Crippen molar-refractivity contribution in [3.8, 4) is 0 Å². The van der Waals surface area contributed by atoms with Gasteiger partial charge in [-0.2, -0.15) is 0 Å². The van der Waals surface area contributed by atoms with E-state index in [9.17, 15) is 4.79 Å². The van der Waals surface area contributed by atoms with Crippen LogP contribution >= 0.6 is 11.6 Å². The lowest BCUT2D eigenvalue weighted by molar-refractivity contribution is 0.0670. The summed E-state index contributed by atoms with van der Waals surface area (Å²) in [5.74, 6) is 0.314. The maximum atomic E-state index is 12.6. The van der Waals surface area contributed by atoms with Crippen molar-refractivity contribution < 1.29 is 9.21 Å². The number of rotatable bonds is 2. The fourth-order valence-corrected chi connectivity index (χ4v) is 3.54. The Bertz CT molecular complexity index is 664. The van der Waals surface area contributed by atoms with Crippen LogP contribution in [-0.4, -0.2) is 29.3 Å². The third-order valence-electron chi connectivity index (χ3n) is 4.35. The molecule has 2 unspecified atom stereocenters. The molecule has 0 spiro atoms. The van der Waals surface area contributed by atoms with Gasteiger partial charge in [0.05, 0.1) is 5.38 Å². The van der Waals surface area contributed by atoms with Crippen molar-refractivity contribution in [3.63, 3.8) is 0 Å². The molecule has 1 amide bonds. The largest absolute Gasteiger partial charge is 0.451 e. The summed E-state index contributed by atoms with van der Waals surface area (Å²) < 4.78 is 5.70. The van der Waals surface area contributed by atoms with E-state index in [1.165, 1.54) is 0 Å². The van der Waals surface area contributed by atoms with Gasteiger partial charge >= 0.3 is 0 Å². The lowest BCUT2D eigenvalue weighted by Gasteiger charge is -2.34. The highest BCUT2D eigenvalue weighted by molar-refractivity contribution is 6.21. The highest BCUT2D eigenvalue weighted by atomic mass is 35.5. The van der Waals surface area contributed by atoms with E-state index in [1.54, 1.807) is 4.90 Å². The Morgan fingerprint density at radius 1 is 1.29 bits per heavy atom. The number of halogens is 1. The van der Waals surface area contributed by atoms with Gasteiger partial charge in [-0.25, -0.2) is 0 Å². The second-order valence-corrected chi connectivity index (χ2v) is 6.50. The summed E-state index contributed by atoms with van der Waals surface area (Å²) in [4.78, 5) is 14.4. The number of nitrogens with zero attached hydrogens (tertiary/aromatic N) is 1. The number of carbonyl (C=O) groups excluding carboxylic acids is 1. The van der Waals surface area contributed by atoms with Crippen molar-refractivity contribution in [2.45, 2.75) is 44.0 Å². The monoisotopic (exact) mass is 305 g/mol. The first kappa shape index (κ1) is 14.5. The summed E-state index contributed by atoms with van der Waals surface area (Å²) in [7, 11) is 1.83. The molecular weight excluding hydrogens is 286 g/mol. The number of fused-ring (bicyclic) bond motifs is 1. The fourth-order valence-electron chi connectivity index (χ4n) is 3.09. The molecule has 3 nitrogen and oxygen atoms in total. The summed E-state index contributed by atoms with van der Waals surface area (Å²) in [6.45, 7) is 2.03. The topological polar surface area (TPSA) is 33.5 Å². The van der Waals surface area contributed by atoms with Gasteiger partial charge in [-0.1, -0.05) is 24.5 Å². The summed E-state index contributed by atoms with van der Waals surface area (Å²) in [5.41, 5.74) is 1.91. The predicted octanol–water partition coefficient (Wildman–Crippen LogP) is 4.36. The molecule has 2 aromatic rings.